The predicted octanol–water partition coefficient (Wildman–Crippen LogP) is 2.06. The standard InChI is InChI=1S/C10H22O3/c1-10(2,3)6-7-13-8-9(11-4)12-5/h9H,6-8H2,1-5H3. The van der Waals surface area contributed by atoms with Crippen LogP contribution in [0.25, 0.3) is 0 Å². The highest BCUT2D eigenvalue weighted by Crippen LogP contribution is 2.17. The van der Waals surface area contributed by atoms with Gasteiger partial charge in [-0.3, -0.25) is 0 Å². The van der Waals surface area contributed by atoms with Gasteiger partial charge < -0.3 is 14.2 Å². The van der Waals surface area contributed by atoms with Crippen LogP contribution in [0.1, 0.15) is 27.2 Å². The third kappa shape index (κ3) is 8.22. The summed E-state index contributed by atoms with van der Waals surface area (Å²) in [5.74, 6) is 0. The van der Waals surface area contributed by atoms with Crippen LogP contribution < -0.4 is 0 Å². The van der Waals surface area contributed by atoms with E-state index in [0.717, 1.165) is 13.0 Å². The Morgan fingerprint density at radius 1 is 1.08 bits per heavy atom. The smallest absolute Gasteiger partial charge is 0.180 e. The van der Waals surface area contributed by atoms with E-state index in [1.54, 1.807) is 14.2 Å². The highest BCUT2D eigenvalue weighted by Gasteiger charge is 2.10. The second-order valence-electron chi connectivity index (χ2n) is 4.29. The van der Waals surface area contributed by atoms with Crippen LogP contribution in [0.3, 0.4) is 0 Å². The largest absolute Gasteiger partial charge is 0.376 e. The van der Waals surface area contributed by atoms with Crippen LogP contribution in [0.15, 0.2) is 0 Å². The van der Waals surface area contributed by atoms with E-state index in [1.807, 2.05) is 0 Å². The minimum Gasteiger partial charge on any atom is -0.376 e. The zero-order valence-corrected chi connectivity index (χ0v) is 9.42. The third-order valence-electron chi connectivity index (χ3n) is 1.78. The second kappa shape index (κ2) is 6.35. The van der Waals surface area contributed by atoms with Gasteiger partial charge in [-0.1, -0.05) is 20.8 Å². The van der Waals surface area contributed by atoms with E-state index in [-0.39, 0.29) is 6.29 Å². The molecule has 0 aliphatic heterocycles. The summed E-state index contributed by atoms with van der Waals surface area (Å²) in [5.41, 5.74) is 0.329. The van der Waals surface area contributed by atoms with Gasteiger partial charge in [-0.25, -0.2) is 0 Å². The van der Waals surface area contributed by atoms with Crippen LogP contribution in [0.2, 0.25) is 0 Å². The lowest BCUT2D eigenvalue weighted by molar-refractivity contribution is -0.141. The van der Waals surface area contributed by atoms with Gasteiger partial charge in [-0.15, -0.1) is 0 Å². The Morgan fingerprint density at radius 3 is 2.00 bits per heavy atom. The molecule has 0 aromatic carbocycles. The van der Waals surface area contributed by atoms with Crippen LogP contribution >= 0.6 is 0 Å². The Hall–Kier alpha value is -0.120. The molecule has 0 rings (SSSR count). The van der Waals surface area contributed by atoms with Gasteiger partial charge >= 0.3 is 0 Å². The van der Waals surface area contributed by atoms with E-state index in [0.29, 0.717) is 12.0 Å². The monoisotopic (exact) mass is 190 g/mol. The zero-order chi connectivity index (χ0) is 10.3. The molecule has 0 N–H and O–H groups in total. The van der Waals surface area contributed by atoms with E-state index >= 15 is 0 Å². The fraction of sp³-hybridized carbons (Fsp3) is 1.00. The quantitative estimate of drug-likeness (QED) is 0.474. The molecule has 0 aliphatic carbocycles. The Labute approximate surface area is 81.4 Å². The first-order chi connectivity index (χ1) is 5.99. The Balaban J connectivity index is 3.34. The molecule has 0 unspecified atom stereocenters. The van der Waals surface area contributed by atoms with E-state index in [1.165, 1.54) is 0 Å². The summed E-state index contributed by atoms with van der Waals surface area (Å²) in [6.45, 7) is 7.84. The number of hydrogen-bond acceptors (Lipinski definition) is 3. The molecule has 0 atom stereocenters. The summed E-state index contributed by atoms with van der Waals surface area (Å²) in [5, 5.41) is 0. The Bertz CT molecular complexity index is 114. The molecule has 0 aliphatic rings. The summed E-state index contributed by atoms with van der Waals surface area (Å²) >= 11 is 0. The number of ether oxygens (including phenoxy) is 3. The minimum absolute atomic E-state index is 0.236. The maximum atomic E-state index is 5.40. The van der Waals surface area contributed by atoms with Gasteiger partial charge in [0, 0.05) is 20.8 Å². The number of methoxy groups -OCH3 is 2. The molecule has 0 radical (unpaired) electrons. The average Bonchev–Trinajstić information content (AvgIpc) is 2.03. The van der Waals surface area contributed by atoms with Crippen molar-refractivity contribution in [1.29, 1.82) is 0 Å². The maximum Gasteiger partial charge on any atom is 0.180 e. The highest BCUT2D eigenvalue weighted by atomic mass is 16.7. The zero-order valence-electron chi connectivity index (χ0n) is 9.42. The molecule has 3 heteroatoms. The van der Waals surface area contributed by atoms with Crippen molar-refractivity contribution in [3.8, 4) is 0 Å². The average molecular weight is 190 g/mol. The topological polar surface area (TPSA) is 27.7 Å². The summed E-state index contributed by atoms with van der Waals surface area (Å²) < 4.78 is 15.4. The normalized spacial score (nSPS) is 12.5. The lowest BCUT2D eigenvalue weighted by atomic mass is 9.93. The molecule has 3 nitrogen and oxygen atoms in total. The van der Waals surface area contributed by atoms with Gasteiger partial charge in [0.05, 0.1) is 6.61 Å². The van der Waals surface area contributed by atoms with Crippen molar-refractivity contribution >= 4 is 0 Å². The molecule has 0 amide bonds. The van der Waals surface area contributed by atoms with Crippen molar-refractivity contribution < 1.29 is 14.2 Å². The summed E-state index contributed by atoms with van der Waals surface area (Å²) in [6.07, 6.45) is 0.813. The molecule has 0 saturated heterocycles. The lowest BCUT2D eigenvalue weighted by Gasteiger charge is -2.19. The van der Waals surface area contributed by atoms with Crippen molar-refractivity contribution in [2.24, 2.45) is 5.41 Å². The molecule has 0 bridgehead atoms. The van der Waals surface area contributed by atoms with Gasteiger partial charge in [0.1, 0.15) is 0 Å². The molecule has 0 aromatic rings. The molecule has 80 valence electrons. The molecule has 13 heavy (non-hydrogen) atoms. The van der Waals surface area contributed by atoms with Crippen molar-refractivity contribution in [3.63, 3.8) is 0 Å². The third-order valence-corrected chi connectivity index (χ3v) is 1.78. The summed E-state index contributed by atoms with van der Waals surface area (Å²) in [4.78, 5) is 0. The SMILES string of the molecule is COC(COCCC(C)(C)C)OC. The van der Waals surface area contributed by atoms with Crippen LogP contribution in [-0.4, -0.2) is 33.7 Å². The fourth-order valence-electron chi connectivity index (χ4n) is 0.790. The Kier molecular flexibility index (Phi) is 6.29. The van der Waals surface area contributed by atoms with E-state index in [2.05, 4.69) is 20.8 Å². The van der Waals surface area contributed by atoms with E-state index < -0.39 is 0 Å². The van der Waals surface area contributed by atoms with Gasteiger partial charge in [-0.05, 0) is 11.8 Å². The molecule has 0 fully saturated rings. The number of rotatable bonds is 6. The lowest BCUT2D eigenvalue weighted by Crippen LogP contribution is -2.21. The van der Waals surface area contributed by atoms with Crippen LogP contribution in [0.5, 0.6) is 0 Å². The number of hydrogen-bond donors (Lipinski definition) is 0. The molecular weight excluding hydrogens is 168 g/mol. The van der Waals surface area contributed by atoms with Crippen molar-refractivity contribution in [1.82, 2.24) is 0 Å². The van der Waals surface area contributed by atoms with Crippen molar-refractivity contribution in [2.45, 2.75) is 33.5 Å². The fourth-order valence-corrected chi connectivity index (χ4v) is 0.790. The predicted molar refractivity (Wildman–Crippen MR) is 52.7 cm³/mol. The van der Waals surface area contributed by atoms with Crippen molar-refractivity contribution in [2.75, 3.05) is 27.4 Å². The second-order valence-corrected chi connectivity index (χ2v) is 4.29. The van der Waals surface area contributed by atoms with E-state index in [9.17, 15) is 0 Å². The van der Waals surface area contributed by atoms with Gasteiger partial charge in [0.2, 0.25) is 0 Å². The first-order valence-corrected chi connectivity index (χ1v) is 4.63. The molecule has 0 spiro atoms. The van der Waals surface area contributed by atoms with Crippen molar-refractivity contribution in [3.05, 3.63) is 0 Å². The van der Waals surface area contributed by atoms with Crippen LogP contribution in [0.4, 0.5) is 0 Å². The molecule has 0 heterocycles. The highest BCUT2D eigenvalue weighted by molar-refractivity contribution is 4.59. The van der Waals surface area contributed by atoms with Gasteiger partial charge in [0.25, 0.3) is 0 Å². The van der Waals surface area contributed by atoms with Gasteiger partial charge in [0.15, 0.2) is 6.29 Å². The van der Waals surface area contributed by atoms with Crippen LogP contribution in [0, 0.1) is 5.41 Å². The summed E-state index contributed by atoms with van der Waals surface area (Å²) in [6, 6.07) is 0. The molecule has 0 saturated carbocycles. The maximum absolute atomic E-state index is 5.40. The Morgan fingerprint density at radius 2 is 1.62 bits per heavy atom. The minimum atomic E-state index is -0.236. The summed E-state index contributed by atoms with van der Waals surface area (Å²) in [7, 11) is 3.22. The molecule has 0 aromatic heterocycles. The van der Waals surface area contributed by atoms with Gasteiger partial charge in [-0.2, -0.15) is 0 Å². The first-order valence-electron chi connectivity index (χ1n) is 4.63. The van der Waals surface area contributed by atoms with E-state index in [4.69, 9.17) is 14.2 Å². The van der Waals surface area contributed by atoms with Crippen LogP contribution in [-0.2, 0) is 14.2 Å². The first kappa shape index (κ1) is 12.9. The molecular formula is C10H22O3.